The average Bonchev–Trinajstić information content (AvgIpc) is 3.42. The van der Waals surface area contributed by atoms with Crippen molar-refractivity contribution < 1.29 is 19.4 Å². The molecule has 1 N–H and O–H groups in total. The number of hydrogen-bond acceptors (Lipinski definition) is 6. The minimum Gasteiger partial charge on any atom is -0.464 e. The highest BCUT2D eigenvalue weighted by atomic mass is 35.5. The fourth-order valence-electron chi connectivity index (χ4n) is 5.19. The molecule has 1 aromatic carbocycles. The zero-order valence-corrected chi connectivity index (χ0v) is 23.9. The van der Waals surface area contributed by atoms with Crippen LogP contribution in [0.15, 0.2) is 29.8 Å². The third-order valence-electron chi connectivity index (χ3n) is 6.64. The lowest BCUT2D eigenvalue weighted by atomic mass is 9.83. The van der Waals surface area contributed by atoms with E-state index in [-0.39, 0.29) is 42.3 Å². The highest BCUT2D eigenvalue weighted by molar-refractivity contribution is 7.09. The normalized spacial score (nSPS) is 22.5. The molecule has 8 heteroatoms. The maximum Gasteiger partial charge on any atom is 0.332 e. The Morgan fingerprint density at radius 1 is 1.25 bits per heavy atom. The number of amides is 1. The SMILES string of the molecule is CC(C)COC(=O)C1(CC(C)C)CC(CO)C(c2nccs2)N1C(=O)c1ccc(C(C)(C)C)c(Cl)c1. The van der Waals surface area contributed by atoms with E-state index in [2.05, 4.69) is 25.8 Å². The smallest absolute Gasteiger partial charge is 0.332 e. The summed E-state index contributed by atoms with van der Waals surface area (Å²) in [6, 6.07) is 4.80. The number of esters is 1. The Kier molecular flexibility index (Phi) is 8.90. The fourth-order valence-corrected chi connectivity index (χ4v) is 6.48. The van der Waals surface area contributed by atoms with Crippen LogP contribution >= 0.6 is 22.9 Å². The molecule has 0 radical (unpaired) electrons. The van der Waals surface area contributed by atoms with E-state index < -0.39 is 17.6 Å². The summed E-state index contributed by atoms with van der Waals surface area (Å²) in [5.41, 5.74) is -0.0618. The van der Waals surface area contributed by atoms with E-state index in [1.807, 2.05) is 39.1 Å². The molecule has 2 aromatic rings. The molecule has 1 amide bonds. The molecule has 0 saturated carbocycles. The summed E-state index contributed by atoms with van der Waals surface area (Å²) in [7, 11) is 0. The van der Waals surface area contributed by atoms with E-state index in [4.69, 9.17) is 16.3 Å². The van der Waals surface area contributed by atoms with E-state index in [9.17, 15) is 14.7 Å². The standard InChI is InChI=1S/C28H39ClN2O4S/c1-17(2)13-28(26(34)35-16-18(3)4)14-20(15-32)23(24-30-10-11-36-24)31(28)25(33)19-8-9-21(22(29)12-19)27(5,6)7/h8-12,17-18,20,23,32H,13-16H2,1-7H3. The predicted octanol–water partition coefficient (Wildman–Crippen LogP) is 6.27. The maximum atomic E-state index is 14.3. The Morgan fingerprint density at radius 3 is 2.44 bits per heavy atom. The lowest BCUT2D eigenvalue weighted by molar-refractivity contribution is -0.158. The van der Waals surface area contributed by atoms with E-state index in [1.165, 1.54) is 11.3 Å². The second-order valence-electron chi connectivity index (χ2n) is 11.7. The molecule has 1 aliphatic heterocycles. The number of ether oxygens (including phenoxy) is 1. The number of rotatable bonds is 8. The molecular formula is C28H39ClN2O4S. The number of aromatic nitrogens is 1. The van der Waals surface area contributed by atoms with Crippen molar-refractivity contribution in [3.8, 4) is 0 Å². The van der Waals surface area contributed by atoms with Gasteiger partial charge < -0.3 is 14.7 Å². The molecule has 0 aliphatic carbocycles. The molecule has 1 fully saturated rings. The van der Waals surface area contributed by atoms with Crippen molar-refractivity contribution in [2.24, 2.45) is 17.8 Å². The van der Waals surface area contributed by atoms with Gasteiger partial charge in [-0.1, -0.05) is 66.1 Å². The fraction of sp³-hybridized carbons (Fsp3) is 0.607. The van der Waals surface area contributed by atoms with Crippen molar-refractivity contribution in [2.45, 2.75) is 78.3 Å². The summed E-state index contributed by atoms with van der Waals surface area (Å²) in [6.45, 7) is 14.3. The van der Waals surface area contributed by atoms with Crippen LogP contribution in [0.2, 0.25) is 5.02 Å². The Morgan fingerprint density at radius 2 is 1.94 bits per heavy atom. The summed E-state index contributed by atoms with van der Waals surface area (Å²) in [4.78, 5) is 34.3. The number of likely N-dealkylation sites (tertiary alicyclic amines) is 1. The zero-order chi connectivity index (χ0) is 26.8. The molecule has 6 nitrogen and oxygen atoms in total. The number of halogens is 1. The lowest BCUT2D eigenvalue weighted by Gasteiger charge is -2.40. The number of aliphatic hydroxyl groups excluding tert-OH is 1. The minimum absolute atomic E-state index is 0.105. The Bertz CT molecular complexity index is 1060. The van der Waals surface area contributed by atoms with Crippen molar-refractivity contribution in [1.29, 1.82) is 0 Å². The first-order valence-corrected chi connectivity index (χ1v) is 13.9. The van der Waals surface area contributed by atoms with Crippen molar-refractivity contribution in [3.05, 3.63) is 50.9 Å². The largest absolute Gasteiger partial charge is 0.464 e. The van der Waals surface area contributed by atoms with Gasteiger partial charge in [0.1, 0.15) is 10.5 Å². The Hall–Kier alpha value is -1.96. The number of thiazole rings is 1. The summed E-state index contributed by atoms with van der Waals surface area (Å²) in [5, 5.41) is 13.5. The monoisotopic (exact) mass is 534 g/mol. The van der Waals surface area contributed by atoms with Crippen LogP contribution in [-0.2, 0) is 14.9 Å². The summed E-state index contributed by atoms with van der Waals surface area (Å²) in [6.07, 6.45) is 2.41. The molecule has 3 atom stereocenters. The van der Waals surface area contributed by atoms with E-state index in [0.29, 0.717) is 28.4 Å². The highest BCUT2D eigenvalue weighted by Crippen LogP contribution is 2.51. The van der Waals surface area contributed by atoms with Crippen LogP contribution in [0.1, 0.15) is 88.3 Å². The zero-order valence-electron chi connectivity index (χ0n) is 22.4. The van der Waals surface area contributed by atoms with Gasteiger partial charge in [0.2, 0.25) is 0 Å². The van der Waals surface area contributed by atoms with Gasteiger partial charge in [-0.25, -0.2) is 9.78 Å². The van der Waals surface area contributed by atoms with E-state index in [0.717, 1.165) is 5.56 Å². The molecule has 1 aromatic heterocycles. The van der Waals surface area contributed by atoms with Gasteiger partial charge in [0, 0.05) is 34.7 Å². The molecule has 198 valence electrons. The average molecular weight is 535 g/mol. The topological polar surface area (TPSA) is 79.7 Å². The molecule has 3 rings (SSSR count). The van der Waals surface area contributed by atoms with Crippen LogP contribution in [-0.4, -0.2) is 45.6 Å². The molecular weight excluding hydrogens is 496 g/mol. The van der Waals surface area contributed by atoms with Crippen molar-refractivity contribution in [2.75, 3.05) is 13.2 Å². The van der Waals surface area contributed by atoms with Crippen LogP contribution in [0, 0.1) is 17.8 Å². The second-order valence-corrected chi connectivity index (χ2v) is 13.0. The minimum atomic E-state index is -1.22. The number of nitrogens with zero attached hydrogens (tertiary/aromatic N) is 2. The molecule has 0 spiro atoms. The van der Waals surface area contributed by atoms with Gasteiger partial charge in [-0.05, 0) is 47.8 Å². The molecule has 1 aliphatic rings. The van der Waals surface area contributed by atoms with Gasteiger partial charge in [-0.2, -0.15) is 0 Å². The van der Waals surface area contributed by atoms with Crippen molar-refractivity contribution >= 4 is 34.8 Å². The van der Waals surface area contributed by atoms with E-state index >= 15 is 0 Å². The number of carbonyl (C=O) groups excluding carboxylic acids is 2. The first-order chi connectivity index (χ1) is 16.8. The van der Waals surface area contributed by atoms with Crippen molar-refractivity contribution in [1.82, 2.24) is 9.88 Å². The van der Waals surface area contributed by atoms with Gasteiger partial charge in [0.15, 0.2) is 0 Å². The summed E-state index contributed by atoms with van der Waals surface area (Å²) in [5.74, 6) is -0.825. The van der Waals surface area contributed by atoms with Crippen LogP contribution in [0.3, 0.4) is 0 Å². The van der Waals surface area contributed by atoms with Crippen LogP contribution in [0.4, 0.5) is 0 Å². The van der Waals surface area contributed by atoms with Crippen LogP contribution < -0.4 is 0 Å². The number of benzene rings is 1. The molecule has 1 saturated heterocycles. The second kappa shape index (κ2) is 11.2. The Balaban J connectivity index is 2.18. The highest BCUT2D eigenvalue weighted by Gasteiger charge is 2.60. The predicted molar refractivity (Wildman–Crippen MR) is 144 cm³/mol. The first kappa shape index (κ1) is 28.6. The maximum absolute atomic E-state index is 14.3. The number of carbonyl (C=O) groups is 2. The lowest BCUT2D eigenvalue weighted by Crippen LogP contribution is -2.55. The van der Waals surface area contributed by atoms with Crippen LogP contribution in [0.25, 0.3) is 0 Å². The molecule has 36 heavy (non-hydrogen) atoms. The third-order valence-corrected chi connectivity index (χ3v) is 7.80. The van der Waals surface area contributed by atoms with Gasteiger partial charge in [-0.3, -0.25) is 4.79 Å². The van der Waals surface area contributed by atoms with Gasteiger partial charge in [0.25, 0.3) is 5.91 Å². The summed E-state index contributed by atoms with van der Waals surface area (Å²) < 4.78 is 5.80. The van der Waals surface area contributed by atoms with E-state index in [1.54, 1.807) is 23.2 Å². The summed E-state index contributed by atoms with van der Waals surface area (Å²) >= 11 is 8.07. The molecule has 3 unspecified atom stereocenters. The first-order valence-electron chi connectivity index (χ1n) is 12.6. The number of hydrogen-bond donors (Lipinski definition) is 1. The molecule has 0 bridgehead atoms. The van der Waals surface area contributed by atoms with Crippen LogP contribution in [0.5, 0.6) is 0 Å². The quantitative estimate of drug-likeness (QED) is 0.403. The van der Waals surface area contributed by atoms with Gasteiger partial charge in [-0.15, -0.1) is 11.3 Å². The van der Waals surface area contributed by atoms with Gasteiger partial charge >= 0.3 is 5.97 Å². The Labute approximate surface area is 224 Å². The van der Waals surface area contributed by atoms with Crippen molar-refractivity contribution in [3.63, 3.8) is 0 Å². The molecule has 2 heterocycles. The van der Waals surface area contributed by atoms with Gasteiger partial charge in [0.05, 0.1) is 12.6 Å². The third kappa shape index (κ3) is 5.79. The number of aliphatic hydroxyl groups is 1.